The van der Waals surface area contributed by atoms with Crippen LogP contribution in [0, 0.1) is 0 Å². The van der Waals surface area contributed by atoms with Gasteiger partial charge in [0, 0.05) is 24.2 Å². The largest absolute Gasteiger partial charge is 0.352 e. The molecule has 0 aliphatic carbocycles. The Morgan fingerprint density at radius 1 is 0.526 bits per heavy atom. The maximum atomic E-state index is 12.9. The number of benzene rings is 3. The first-order valence-electron chi connectivity index (χ1n) is 12.9. The molecule has 0 heterocycles. The fourth-order valence-corrected chi connectivity index (χ4v) is 3.69. The summed E-state index contributed by atoms with van der Waals surface area (Å²) in [5, 5.41) is 11.3. The van der Waals surface area contributed by atoms with Crippen LogP contribution in [0.5, 0.6) is 0 Å². The van der Waals surface area contributed by atoms with E-state index in [1.807, 2.05) is 13.8 Å². The monoisotopic (exact) mass is 514 g/mol. The highest BCUT2D eigenvalue weighted by Crippen LogP contribution is 2.19. The summed E-state index contributed by atoms with van der Waals surface area (Å²) in [6.07, 6.45) is 3.68. The van der Waals surface area contributed by atoms with Crippen molar-refractivity contribution in [2.75, 3.05) is 23.7 Å². The molecule has 0 spiro atoms. The van der Waals surface area contributed by atoms with E-state index in [9.17, 15) is 19.2 Å². The van der Waals surface area contributed by atoms with Crippen LogP contribution in [0.4, 0.5) is 11.4 Å². The van der Waals surface area contributed by atoms with Gasteiger partial charge in [0.1, 0.15) is 0 Å². The van der Waals surface area contributed by atoms with E-state index in [0.29, 0.717) is 46.7 Å². The molecular weight excluding hydrogens is 480 g/mol. The van der Waals surface area contributed by atoms with Crippen molar-refractivity contribution in [2.24, 2.45) is 0 Å². The molecule has 0 atom stereocenters. The van der Waals surface area contributed by atoms with E-state index in [2.05, 4.69) is 21.3 Å². The van der Waals surface area contributed by atoms with E-state index in [1.165, 1.54) is 24.3 Å². The van der Waals surface area contributed by atoms with Crippen molar-refractivity contribution < 1.29 is 19.2 Å². The van der Waals surface area contributed by atoms with Crippen LogP contribution in [0.2, 0.25) is 0 Å². The second kappa shape index (κ2) is 14.3. The normalized spacial score (nSPS) is 10.4. The lowest BCUT2D eigenvalue weighted by Gasteiger charge is -2.12. The molecule has 0 aromatic heterocycles. The molecule has 3 aromatic carbocycles. The Morgan fingerprint density at radius 2 is 0.895 bits per heavy atom. The molecule has 4 amide bonds. The number of nitrogens with one attached hydrogen (secondary N) is 4. The first-order valence-corrected chi connectivity index (χ1v) is 12.9. The highest BCUT2D eigenvalue weighted by atomic mass is 16.2. The third-order valence-corrected chi connectivity index (χ3v) is 5.88. The molecule has 0 bridgehead atoms. The van der Waals surface area contributed by atoms with E-state index in [1.54, 1.807) is 48.5 Å². The van der Waals surface area contributed by atoms with Gasteiger partial charge >= 0.3 is 0 Å². The molecule has 8 heteroatoms. The average molecular weight is 515 g/mol. The summed E-state index contributed by atoms with van der Waals surface area (Å²) in [5.74, 6) is -1.30. The summed E-state index contributed by atoms with van der Waals surface area (Å²) in [4.78, 5) is 50.8. The van der Waals surface area contributed by atoms with Crippen molar-refractivity contribution in [3.63, 3.8) is 0 Å². The maximum absolute atomic E-state index is 12.9. The Kier molecular flexibility index (Phi) is 10.6. The van der Waals surface area contributed by atoms with Gasteiger partial charge in [-0.05, 0) is 61.4 Å². The molecule has 198 valence electrons. The van der Waals surface area contributed by atoms with E-state index < -0.39 is 11.8 Å². The van der Waals surface area contributed by atoms with Gasteiger partial charge in [0.2, 0.25) is 0 Å². The molecule has 0 aliphatic rings. The Morgan fingerprint density at radius 3 is 1.26 bits per heavy atom. The van der Waals surface area contributed by atoms with Gasteiger partial charge in [-0.3, -0.25) is 19.2 Å². The summed E-state index contributed by atoms with van der Waals surface area (Å²) in [6, 6.07) is 19.8. The lowest BCUT2D eigenvalue weighted by molar-refractivity contribution is 0.0944. The molecule has 0 saturated heterocycles. The number of anilines is 2. The molecule has 38 heavy (non-hydrogen) atoms. The lowest BCUT2D eigenvalue weighted by atomic mass is 10.1. The second-order valence-corrected chi connectivity index (χ2v) is 8.80. The van der Waals surface area contributed by atoms with Crippen LogP contribution in [0.15, 0.2) is 72.8 Å². The second-order valence-electron chi connectivity index (χ2n) is 8.80. The quantitative estimate of drug-likeness (QED) is 0.247. The van der Waals surface area contributed by atoms with E-state index in [-0.39, 0.29) is 11.8 Å². The number of amides is 4. The van der Waals surface area contributed by atoms with E-state index in [4.69, 9.17) is 0 Å². The van der Waals surface area contributed by atoms with Crippen LogP contribution < -0.4 is 21.3 Å². The van der Waals surface area contributed by atoms with Crippen molar-refractivity contribution >= 4 is 35.0 Å². The molecule has 0 unspecified atom stereocenters. The third kappa shape index (κ3) is 7.77. The average Bonchev–Trinajstić information content (AvgIpc) is 2.93. The van der Waals surface area contributed by atoms with E-state index >= 15 is 0 Å². The predicted octanol–water partition coefficient (Wildman–Crippen LogP) is 5.25. The molecule has 3 aromatic rings. The highest BCUT2D eigenvalue weighted by molar-refractivity contribution is 6.11. The summed E-state index contributed by atoms with van der Waals surface area (Å²) < 4.78 is 0. The number of carbonyl (C=O) groups excluding carboxylic acids is 4. The van der Waals surface area contributed by atoms with Crippen LogP contribution >= 0.6 is 0 Å². The zero-order valence-electron chi connectivity index (χ0n) is 21.8. The number of carbonyl (C=O) groups is 4. The van der Waals surface area contributed by atoms with Crippen molar-refractivity contribution in [2.45, 2.75) is 39.5 Å². The van der Waals surface area contributed by atoms with Gasteiger partial charge in [0.05, 0.1) is 22.5 Å². The number of para-hydroxylation sites is 2. The summed E-state index contributed by atoms with van der Waals surface area (Å²) in [5.41, 5.74) is 2.23. The minimum Gasteiger partial charge on any atom is -0.352 e. The lowest BCUT2D eigenvalue weighted by Crippen LogP contribution is -2.26. The Hall–Kier alpha value is -4.46. The molecule has 0 saturated carbocycles. The van der Waals surface area contributed by atoms with Crippen LogP contribution in [0.25, 0.3) is 0 Å². The smallest absolute Gasteiger partial charge is 0.255 e. The zero-order valence-corrected chi connectivity index (χ0v) is 21.8. The molecule has 4 N–H and O–H groups in total. The van der Waals surface area contributed by atoms with Gasteiger partial charge in [0.25, 0.3) is 23.6 Å². The minimum absolute atomic E-state index is 0.249. The molecule has 0 fully saturated rings. The summed E-state index contributed by atoms with van der Waals surface area (Å²) in [6.45, 7) is 5.22. The van der Waals surface area contributed by atoms with Crippen LogP contribution in [0.3, 0.4) is 0 Å². The van der Waals surface area contributed by atoms with Gasteiger partial charge in [0.15, 0.2) is 0 Å². The molecule has 0 radical (unpaired) electrons. The maximum Gasteiger partial charge on any atom is 0.255 e. The number of unbranched alkanes of at least 4 members (excludes halogenated alkanes) is 2. The first kappa shape index (κ1) is 28.1. The van der Waals surface area contributed by atoms with Gasteiger partial charge in [-0.25, -0.2) is 0 Å². The molecule has 8 nitrogen and oxygen atoms in total. The Bertz CT molecular complexity index is 1170. The fourth-order valence-electron chi connectivity index (χ4n) is 3.69. The van der Waals surface area contributed by atoms with Crippen molar-refractivity contribution in [1.29, 1.82) is 0 Å². The van der Waals surface area contributed by atoms with Crippen LogP contribution in [-0.4, -0.2) is 36.7 Å². The van der Waals surface area contributed by atoms with Gasteiger partial charge in [-0.1, -0.05) is 51.0 Å². The Labute approximate surface area is 223 Å². The molecule has 0 aliphatic heterocycles. The van der Waals surface area contributed by atoms with Crippen LogP contribution in [0.1, 0.15) is 81.0 Å². The fraction of sp³-hybridized carbons (Fsp3) is 0.267. The topological polar surface area (TPSA) is 116 Å². The van der Waals surface area contributed by atoms with Crippen LogP contribution in [-0.2, 0) is 0 Å². The van der Waals surface area contributed by atoms with E-state index in [0.717, 1.165) is 25.7 Å². The number of rotatable bonds is 12. The third-order valence-electron chi connectivity index (χ3n) is 5.88. The SMILES string of the molecule is CCCCNC(=O)c1ccccc1NC(=O)c1ccc(C(=O)Nc2ccccc2C(=O)NCCCC)cc1. The zero-order chi connectivity index (χ0) is 27.3. The molecule has 3 rings (SSSR count). The number of hydrogen-bond acceptors (Lipinski definition) is 4. The van der Waals surface area contributed by atoms with Gasteiger partial charge < -0.3 is 21.3 Å². The Balaban J connectivity index is 1.66. The van der Waals surface area contributed by atoms with Crippen molar-refractivity contribution in [1.82, 2.24) is 10.6 Å². The predicted molar refractivity (Wildman–Crippen MR) is 150 cm³/mol. The van der Waals surface area contributed by atoms with Crippen molar-refractivity contribution in [3.05, 3.63) is 95.1 Å². The minimum atomic E-state index is -0.403. The van der Waals surface area contributed by atoms with Gasteiger partial charge in [-0.2, -0.15) is 0 Å². The molecular formula is C30H34N4O4. The highest BCUT2D eigenvalue weighted by Gasteiger charge is 2.16. The first-order chi connectivity index (χ1) is 18.4. The summed E-state index contributed by atoms with van der Waals surface area (Å²) >= 11 is 0. The van der Waals surface area contributed by atoms with Gasteiger partial charge in [-0.15, -0.1) is 0 Å². The standard InChI is InChI=1S/C30H34N4O4/c1-3-5-19-31-29(37)23-11-7-9-13-25(23)33-27(35)21-15-17-22(18-16-21)28(36)34-26-14-10-8-12-24(26)30(38)32-20-6-4-2/h7-18H,3-6,19-20H2,1-2H3,(H,31,37)(H,32,38)(H,33,35)(H,34,36). The number of hydrogen-bond donors (Lipinski definition) is 4. The van der Waals surface area contributed by atoms with Crippen molar-refractivity contribution in [3.8, 4) is 0 Å². The summed E-state index contributed by atoms with van der Waals surface area (Å²) in [7, 11) is 0.